The Kier molecular flexibility index (Phi) is 4.23. The lowest BCUT2D eigenvalue weighted by molar-refractivity contribution is -0.130. The number of para-hydroxylation sites is 2. The van der Waals surface area contributed by atoms with Crippen LogP contribution in [0.1, 0.15) is 12.0 Å². The molecule has 0 saturated heterocycles. The predicted molar refractivity (Wildman–Crippen MR) is 82.4 cm³/mol. The fourth-order valence-electron chi connectivity index (χ4n) is 2.32. The minimum atomic E-state index is -0.877. The van der Waals surface area contributed by atoms with Crippen LogP contribution in [-0.2, 0) is 16.1 Å². The van der Waals surface area contributed by atoms with Gasteiger partial charge in [-0.2, -0.15) is 0 Å². The quantitative estimate of drug-likeness (QED) is 0.909. The highest BCUT2D eigenvalue weighted by atomic mass is 19.1. The molecule has 2 aromatic carbocycles. The van der Waals surface area contributed by atoms with Crippen molar-refractivity contribution < 1.29 is 18.7 Å². The molecule has 1 unspecified atom stereocenters. The molecule has 1 atom stereocenters. The van der Waals surface area contributed by atoms with Crippen LogP contribution in [0.15, 0.2) is 48.5 Å². The summed E-state index contributed by atoms with van der Waals surface area (Å²) in [5, 5.41) is 5.36. The Morgan fingerprint density at radius 3 is 2.87 bits per heavy atom. The van der Waals surface area contributed by atoms with Crippen LogP contribution >= 0.6 is 0 Å². The largest absolute Gasteiger partial charge is 0.478 e. The van der Waals surface area contributed by atoms with Gasteiger partial charge in [-0.25, -0.2) is 4.39 Å². The summed E-state index contributed by atoms with van der Waals surface area (Å²) in [6.07, 6.45) is -0.979. The van der Waals surface area contributed by atoms with Crippen molar-refractivity contribution in [3.05, 3.63) is 59.9 Å². The maximum absolute atomic E-state index is 13.1. The van der Waals surface area contributed by atoms with Crippen LogP contribution in [0.2, 0.25) is 0 Å². The van der Waals surface area contributed by atoms with E-state index in [-0.39, 0.29) is 30.6 Å². The third-order valence-electron chi connectivity index (χ3n) is 3.46. The average Bonchev–Trinajstić information content (AvgIpc) is 2.54. The highest BCUT2D eigenvalue weighted by Gasteiger charge is 2.29. The summed E-state index contributed by atoms with van der Waals surface area (Å²) in [4.78, 5) is 23.9. The van der Waals surface area contributed by atoms with E-state index in [0.29, 0.717) is 17.0 Å². The highest BCUT2D eigenvalue weighted by Crippen LogP contribution is 2.29. The number of carbonyl (C=O) groups is 2. The molecule has 0 bridgehead atoms. The van der Waals surface area contributed by atoms with Gasteiger partial charge in [0, 0.05) is 6.54 Å². The van der Waals surface area contributed by atoms with Gasteiger partial charge in [-0.05, 0) is 29.8 Å². The number of halogens is 1. The first-order chi connectivity index (χ1) is 11.1. The van der Waals surface area contributed by atoms with E-state index in [2.05, 4.69) is 10.6 Å². The van der Waals surface area contributed by atoms with E-state index in [1.165, 1.54) is 12.1 Å². The maximum Gasteiger partial charge on any atom is 0.266 e. The minimum absolute atomic E-state index is 0.102. The van der Waals surface area contributed by atoms with Crippen LogP contribution in [-0.4, -0.2) is 17.9 Å². The van der Waals surface area contributed by atoms with Crippen LogP contribution in [0, 0.1) is 5.82 Å². The van der Waals surface area contributed by atoms with Crippen molar-refractivity contribution in [2.24, 2.45) is 0 Å². The van der Waals surface area contributed by atoms with E-state index in [1.807, 2.05) is 0 Å². The van der Waals surface area contributed by atoms with E-state index in [4.69, 9.17) is 4.74 Å². The zero-order chi connectivity index (χ0) is 16.2. The normalized spacial score (nSPS) is 16.0. The molecule has 3 rings (SSSR count). The van der Waals surface area contributed by atoms with Gasteiger partial charge in [0.05, 0.1) is 12.1 Å². The number of anilines is 1. The molecular formula is C17H15FN2O3. The topological polar surface area (TPSA) is 67.4 Å². The predicted octanol–water partition coefficient (Wildman–Crippen LogP) is 2.23. The van der Waals surface area contributed by atoms with E-state index >= 15 is 0 Å². The molecule has 2 amide bonds. The van der Waals surface area contributed by atoms with Crippen LogP contribution in [0.4, 0.5) is 10.1 Å². The second-order valence-electron chi connectivity index (χ2n) is 5.20. The number of rotatable bonds is 4. The van der Waals surface area contributed by atoms with Gasteiger partial charge in [0.2, 0.25) is 5.91 Å². The van der Waals surface area contributed by atoms with Gasteiger partial charge < -0.3 is 15.4 Å². The number of fused-ring (bicyclic) bond motifs is 1. The first-order valence-electron chi connectivity index (χ1n) is 7.19. The molecule has 6 heteroatoms. The first-order valence-corrected chi connectivity index (χ1v) is 7.19. The number of hydrogen-bond acceptors (Lipinski definition) is 3. The molecule has 1 aliphatic heterocycles. The number of carbonyl (C=O) groups excluding carboxylic acids is 2. The first kappa shape index (κ1) is 15.0. The molecule has 1 aliphatic rings. The van der Waals surface area contributed by atoms with E-state index in [9.17, 15) is 14.0 Å². The van der Waals surface area contributed by atoms with E-state index < -0.39 is 6.10 Å². The van der Waals surface area contributed by atoms with Crippen LogP contribution < -0.4 is 15.4 Å². The Morgan fingerprint density at radius 2 is 2.04 bits per heavy atom. The summed E-state index contributed by atoms with van der Waals surface area (Å²) in [6, 6.07) is 13.0. The lowest BCUT2D eigenvalue weighted by atomic mass is 10.1. The molecule has 0 aromatic heterocycles. The van der Waals surface area contributed by atoms with Crippen molar-refractivity contribution in [2.45, 2.75) is 19.1 Å². The smallest absolute Gasteiger partial charge is 0.266 e. The standard InChI is InChI=1S/C17H15FN2O3/c18-12-5-3-4-11(8-12)10-19-16(21)9-15-17(22)20-13-6-1-2-7-14(13)23-15/h1-8,15H,9-10H2,(H,19,21)(H,20,22). The van der Waals surface area contributed by atoms with E-state index in [0.717, 1.165) is 0 Å². The Hall–Kier alpha value is -2.89. The van der Waals surface area contributed by atoms with Crippen molar-refractivity contribution in [1.29, 1.82) is 0 Å². The van der Waals surface area contributed by atoms with Crippen molar-refractivity contribution >= 4 is 17.5 Å². The summed E-state index contributed by atoms with van der Waals surface area (Å²) < 4.78 is 18.6. The molecule has 0 saturated carbocycles. The van der Waals surface area contributed by atoms with Crippen molar-refractivity contribution in [1.82, 2.24) is 5.32 Å². The second-order valence-corrected chi connectivity index (χ2v) is 5.20. The number of ether oxygens (including phenoxy) is 1. The SMILES string of the molecule is O=C(CC1Oc2ccccc2NC1=O)NCc1cccc(F)c1. The van der Waals surface area contributed by atoms with Crippen LogP contribution in [0.5, 0.6) is 5.75 Å². The van der Waals surface area contributed by atoms with Gasteiger partial charge in [-0.1, -0.05) is 24.3 Å². The number of hydrogen-bond donors (Lipinski definition) is 2. The molecule has 23 heavy (non-hydrogen) atoms. The number of amides is 2. The third-order valence-corrected chi connectivity index (χ3v) is 3.46. The minimum Gasteiger partial charge on any atom is -0.478 e. The van der Waals surface area contributed by atoms with Crippen molar-refractivity contribution in [2.75, 3.05) is 5.32 Å². The van der Waals surface area contributed by atoms with Gasteiger partial charge in [0.1, 0.15) is 11.6 Å². The maximum atomic E-state index is 13.1. The van der Waals surface area contributed by atoms with Gasteiger partial charge >= 0.3 is 0 Å². The zero-order valence-corrected chi connectivity index (χ0v) is 12.2. The summed E-state index contributed by atoms with van der Waals surface area (Å²) >= 11 is 0. The van der Waals surface area contributed by atoms with Crippen LogP contribution in [0.25, 0.3) is 0 Å². The fourth-order valence-corrected chi connectivity index (χ4v) is 2.32. The second kappa shape index (κ2) is 6.48. The van der Waals surface area contributed by atoms with E-state index in [1.54, 1.807) is 36.4 Å². The van der Waals surface area contributed by atoms with Crippen molar-refractivity contribution in [3.63, 3.8) is 0 Å². The molecule has 0 aliphatic carbocycles. The lowest BCUT2D eigenvalue weighted by Gasteiger charge is -2.25. The molecule has 2 N–H and O–H groups in total. The zero-order valence-electron chi connectivity index (χ0n) is 12.2. The number of benzene rings is 2. The molecule has 1 heterocycles. The Balaban J connectivity index is 1.57. The molecule has 0 radical (unpaired) electrons. The number of nitrogens with one attached hydrogen (secondary N) is 2. The summed E-state index contributed by atoms with van der Waals surface area (Å²) in [5.74, 6) is -0.517. The third kappa shape index (κ3) is 3.66. The fraction of sp³-hybridized carbons (Fsp3) is 0.176. The highest BCUT2D eigenvalue weighted by molar-refractivity contribution is 5.99. The van der Waals surface area contributed by atoms with Gasteiger partial charge in [-0.3, -0.25) is 9.59 Å². The van der Waals surface area contributed by atoms with Gasteiger partial charge in [0.15, 0.2) is 6.10 Å². The molecular weight excluding hydrogens is 299 g/mol. The summed E-state index contributed by atoms with van der Waals surface area (Å²) in [6.45, 7) is 0.196. The van der Waals surface area contributed by atoms with Crippen LogP contribution in [0.3, 0.4) is 0 Å². The molecule has 0 spiro atoms. The molecule has 2 aromatic rings. The van der Waals surface area contributed by atoms with Crippen molar-refractivity contribution in [3.8, 4) is 5.75 Å². The van der Waals surface area contributed by atoms with Gasteiger partial charge in [0.25, 0.3) is 5.91 Å². The lowest BCUT2D eigenvalue weighted by Crippen LogP contribution is -2.40. The molecule has 118 valence electrons. The summed E-state index contributed by atoms with van der Waals surface area (Å²) in [7, 11) is 0. The summed E-state index contributed by atoms with van der Waals surface area (Å²) in [5.41, 5.74) is 1.24. The molecule has 5 nitrogen and oxygen atoms in total. The Bertz CT molecular complexity index is 748. The Morgan fingerprint density at radius 1 is 1.22 bits per heavy atom. The average molecular weight is 314 g/mol. The Labute approximate surface area is 132 Å². The monoisotopic (exact) mass is 314 g/mol. The van der Waals surface area contributed by atoms with Gasteiger partial charge in [-0.15, -0.1) is 0 Å². The molecule has 0 fully saturated rings.